The van der Waals surface area contributed by atoms with Gasteiger partial charge in [0.15, 0.2) is 0 Å². The topological polar surface area (TPSA) is 78.9 Å². The maximum atomic E-state index is 12.1. The normalized spacial score (nSPS) is 15.8. The zero-order valence-corrected chi connectivity index (χ0v) is 13.4. The number of ether oxygens (including phenoxy) is 1. The van der Waals surface area contributed by atoms with Crippen LogP contribution in [0, 0.1) is 0 Å². The molecule has 2 N–H and O–H groups in total. The van der Waals surface area contributed by atoms with Crippen molar-refractivity contribution in [3.05, 3.63) is 33.8 Å². The van der Waals surface area contributed by atoms with Crippen molar-refractivity contribution < 1.29 is 19.4 Å². The van der Waals surface area contributed by atoms with Crippen molar-refractivity contribution in [2.24, 2.45) is 0 Å². The standard InChI is InChI=1S/C14H16Cl2N2O4/c1-18(10-6-22-7-10)14(21)17-12(13(19)20)4-8-2-3-9(15)5-11(8)16/h2-3,5,10,12H,4,6-7H2,1H3,(H,17,21)(H,19,20)/t12-/m1/s1. The number of nitrogens with zero attached hydrogens (tertiary/aromatic N) is 1. The van der Waals surface area contributed by atoms with Gasteiger partial charge in [0.1, 0.15) is 6.04 Å². The maximum Gasteiger partial charge on any atom is 0.326 e. The number of amides is 2. The van der Waals surface area contributed by atoms with Crippen molar-refractivity contribution in [3.8, 4) is 0 Å². The van der Waals surface area contributed by atoms with Crippen LogP contribution in [0.5, 0.6) is 0 Å². The fraction of sp³-hybridized carbons (Fsp3) is 0.429. The Hall–Kier alpha value is -1.50. The summed E-state index contributed by atoms with van der Waals surface area (Å²) >= 11 is 11.9. The van der Waals surface area contributed by atoms with Crippen LogP contribution in [-0.4, -0.2) is 54.4 Å². The third-order valence-electron chi connectivity index (χ3n) is 3.52. The zero-order chi connectivity index (χ0) is 16.3. The van der Waals surface area contributed by atoms with Gasteiger partial charge in [-0.25, -0.2) is 9.59 Å². The van der Waals surface area contributed by atoms with Crippen LogP contribution in [-0.2, 0) is 16.0 Å². The summed E-state index contributed by atoms with van der Waals surface area (Å²) in [7, 11) is 1.61. The lowest BCUT2D eigenvalue weighted by Crippen LogP contribution is -2.55. The van der Waals surface area contributed by atoms with E-state index in [1.54, 1.807) is 19.2 Å². The molecular weight excluding hydrogens is 331 g/mol. The monoisotopic (exact) mass is 346 g/mol. The van der Waals surface area contributed by atoms with Crippen molar-refractivity contribution >= 4 is 35.2 Å². The fourth-order valence-corrected chi connectivity index (χ4v) is 2.46. The molecule has 0 unspecified atom stereocenters. The summed E-state index contributed by atoms with van der Waals surface area (Å²) in [5.41, 5.74) is 0.605. The third-order valence-corrected chi connectivity index (χ3v) is 4.11. The minimum atomic E-state index is -1.13. The molecule has 120 valence electrons. The average Bonchev–Trinajstić information content (AvgIpc) is 2.38. The Bertz CT molecular complexity index is 578. The predicted octanol–water partition coefficient (Wildman–Crippen LogP) is 2.03. The smallest absolute Gasteiger partial charge is 0.326 e. The molecule has 0 saturated carbocycles. The first-order valence-corrected chi connectivity index (χ1v) is 7.42. The number of halogens is 2. The van der Waals surface area contributed by atoms with Gasteiger partial charge in [0, 0.05) is 23.5 Å². The molecule has 8 heteroatoms. The number of hydrogen-bond donors (Lipinski definition) is 2. The maximum absolute atomic E-state index is 12.1. The second kappa shape index (κ2) is 7.17. The molecule has 1 aliphatic heterocycles. The van der Waals surface area contributed by atoms with Gasteiger partial charge in [-0.05, 0) is 17.7 Å². The van der Waals surface area contributed by atoms with E-state index < -0.39 is 18.0 Å². The number of rotatable bonds is 5. The molecule has 1 fully saturated rings. The Morgan fingerprint density at radius 1 is 1.45 bits per heavy atom. The van der Waals surface area contributed by atoms with Gasteiger partial charge >= 0.3 is 12.0 Å². The Morgan fingerprint density at radius 2 is 2.14 bits per heavy atom. The van der Waals surface area contributed by atoms with Crippen molar-refractivity contribution in [1.29, 1.82) is 0 Å². The molecule has 0 bridgehead atoms. The van der Waals surface area contributed by atoms with Crippen LogP contribution in [0.15, 0.2) is 18.2 Å². The molecule has 2 rings (SSSR count). The highest BCUT2D eigenvalue weighted by Gasteiger charge is 2.29. The van der Waals surface area contributed by atoms with Gasteiger partial charge in [-0.2, -0.15) is 0 Å². The second-order valence-electron chi connectivity index (χ2n) is 5.08. The summed E-state index contributed by atoms with van der Waals surface area (Å²) < 4.78 is 5.01. The Labute approximate surface area is 137 Å². The Morgan fingerprint density at radius 3 is 2.64 bits per heavy atom. The van der Waals surface area contributed by atoms with Crippen LogP contribution in [0.1, 0.15) is 5.56 Å². The molecular formula is C14H16Cl2N2O4. The van der Waals surface area contributed by atoms with Crippen LogP contribution in [0.2, 0.25) is 10.0 Å². The number of hydrogen-bond acceptors (Lipinski definition) is 3. The number of carboxylic acids is 1. The molecule has 1 aromatic carbocycles. The summed E-state index contributed by atoms with van der Waals surface area (Å²) in [6.45, 7) is 0.926. The van der Waals surface area contributed by atoms with Crippen molar-refractivity contribution in [2.45, 2.75) is 18.5 Å². The second-order valence-corrected chi connectivity index (χ2v) is 5.93. The molecule has 0 aliphatic carbocycles. The van der Waals surface area contributed by atoms with Crippen molar-refractivity contribution in [1.82, 2.24) is 10.2 Å². The van der Waals surface area contributed by atoms with Gasteiger partial charge in [-0.15, -0.1) is 0 Å². The van der Waals surface area contributed by atoms with Crippen LogP contribution in [0.4, 0.5) is 4.79 Å². The highest BCUT2D eigenvalue weighted by atomic mass is 35.5. The molecule has 0 radical (unpaired) electrons. The minimum Gasteiger partial charge on any atom is -0.480 e. The zero-order valence-electron chi connectivity index (χ0n) is 11.9. The lowest BCUT2D eigenvalue weighted by Gasteiger charge is -2.35. The number of urea groups is 1. The van der Waals surface area contributed by atoms with E-state index in [0.717, 1.165) is 0 Å². The lowest BCUT2D eigenvalue weighted by molar-refractivity contribution is -0.139. The molecule has 1 atom stereocenters. The number of carbonyl (C=O) groups is 2. The molecule has 22 heavy (non-hydrogen) atoms. The summed E-state index contributed by atoms with van der Waals surface area (Å²) in [6, 6.07) is 3.27. The number of aliphatic carboxylic acids is 1. The highest BCUT2D eigenvalue weighted by molar-refractivity contribution is 6.35. The predicted molar refractivity (Wildman–Crippen MR) is 82.5 cm³/mol. The number of benzene rings is 1. The largest absolute Gasteiger partial charge is 0.480 e. The molecule has 2 amide bonds. The molecule has 1 aromatic rings. The minimum absolute atomic E-state index is 0.0198. The van der Waals surface area contributed by atoms with E-state index in [-0.39, 0.29) is 12.5 Å². The fourth-order valence-electron chi connectivity index (χ4n) is 1.97. The summed E-state index contributed by atoms with van der Waals surface area (Å²) in [4.78, 5) is 24.9. The molecule has 1 saturated heterocycles. The van der Waals surface area contributed by atoms with Crippen LogP contribution in [0.3, 0.4) is 0 Å². The van der Waals surface area contributed by atoms with Crippen LogP contribution in [0.25, 0.3) is 0 Å². The number of nitrogens with one attached hydrogen (secondary N) is 1. The quantitative estimate of drug-likeness (QED) is 0.854. The van der Waals surface area contributed by atoms with E-state index >= 15 is 0 Å². The van der Waals surface area contributed by atoms with Gasteiger partial charge in [-0.3, -0.25) is 0 Å². The first-order chi connectivity index (χ1) is 10.4. The molecule has 6 nitrogen and oxygen atoms in total. The van der Waals surface area contributed by atoms with Crippen LogP contribution < -0.4 is 5.32 Å². The van der Waals surface area contributed by atoms with E-state index in [4.69, 9.17) is 27.9 Å². The number of carbonyl (C=O) groups excluding carboxylic acids is 1. The van der Waals surface area contributed by atoms with E-state index in [1.807, 2.05) is 0 Å². The summed E-state index contributed by atoms with van der Waals surface area (Å²) in [6.07, 6.45) is 0.0755. The van der Waals surface area contributed by atoms with Gasteiger partial charge in [0.05, 0.1) is 19.3 Å². The van der Waals surface area contributed by atoms with Gasteiger partial charge < -0.3 is 20.1 Å². The first kappa shape index (κ1) is 16.9. The SMILES string of the molecule is CN(C(=O)N[C@H](Cc1ccc(Cl)cc1Cl)C(=O)O)C1COC1. The molecule has 0 aromatic heterocycles. The lowest BCUT2D eigenvalue weighted by atomic mass is 10.1. The van der Waals surface area contributed by atoms with Gasteiger partial charge in [-0.1, -0.05) is 29.3 Å². The third kappa shape index (κ3) is 4.03. The van der Waals surface area contributed by atoms with Crippen molar-refractivity contribution in [3.63, 3.8) is 0 Å². The average molecular weight is 347 g/mol. The van der Waals surface area contributed by atoms with E-state index in [1.165, 1.54) is 11.0 Å². The first-order valence-electron chi connectivity index (χ1n) is 6.66. The van der Waals surface area contributed by atoms with Crippen molar-refractivity contribution in [2.75, 3.05) is 20.3 Å². The van der Waals surface area contributed by atoms with E-state index in [2.05, 4.69) is 5.32 Å². The van der Waals surface area contributed by atoms with Gasteiger partial charge in [0.25, 0.3) is 0 Å². The van der Waals surface area contributed by atoms with E-state index in [9.17, 15) is 14.7 Å². The number of carboxylic acid groups (broad SMARTS) is 1. The Kier molecular flexibility index (Phi) is 5.50. The molecule has 1 heterocycles. The molecule has 0 spiro atoms. The van der Waals surface area contributed by atoms with Gasteiger partial charge in [0.2, 0.25) is 0 Å². The Balaban J connectivity index is 2.03. The van der Waals surface area contributed by atoms with E-state index in [0.29, 0.717) is 28.8 Å². The number of likely N-dealkylation sites (N-methyl/N-ethyl adjacent to an activating group) is 1. The summed E-state index contributed by atoms with van der Waals surface area (Å²) in [5, 5.41) is 12.6. The molecule has 1 aliphatic rings. The highest BCUT2D eigenvalue weighted by Crippen LogP contribution is 2.22. The van der Waals surface area contributed by atoms with Crippen LogP contribution >= 0.6 is 23.2 Å². The summed E-state index contributed by atoms with van der Waals surface area (Å²) in [5.74, 6) is -1.13.